The lowest BCUT2D eigenvalue weighted by atomic mass is 9.77. The molecule has 1 aromatic rings. The minimum absolute atomic E-state index is 0.608. The molecule has 4 nitrogen and oxygen atoms in total. The molecule has 116 valence electrons. The van der Waals surface area contributed by atoms with Gasteiger partial charge < -0.3 is 10.0 Å². The van der Waals surface area contributed by atoms with Crippen molar-refractivity contribution in [2.75, 3.05) is 18.0 Å². The van der Waals surface area contributed by atoms with Gasteiger partial charge in [-0.3, -0.25) is 4.79 Å². The van der Waals surface area contributed by atoms with Gasteiger partial charge in [0.25, 0.3) is 0 Å². The van der Waals surface area contributed by atoms with Crippen molar-refractivity contribution in [2.24, 2.45) is 5.41 Å². The first-order valence-corrected chi connectivity index (χ1v) is 8.75. The van der Waals surface area contributed by atoms with E-state index >= 15 is 0 Å². The van der Waals surface area contributed by atoms with Crippen LogP contribution in [-0.2, 0) is 10.2 Å². The zero-order valence-electron chi connectivity index (χ0n) is 12.9. The van der Waals surface area contributed by atoms with Crippen molar-refractivity contribution in [3.63, 3.8) is 0 Å². The maximum Gasteiger partial charge on any atom is 0.315 e. The summed E-state index contributed by atoms with van der Waals surface area (Å²) in [5, 5.41) is 12.2. The molecule has 1 N–H and O–H groups in total. The van der Waals surface area contributed by atoms with Gasteiger partial charge in [0, 0.05) is 18.5 Å². The molecule has 5 heteroatoms. The fourth-order valence-electron chi connectivity index (χ4n) is 3.60. The molecule has 1 aliphatic heterocycles. The second-order valence-electron chi connectivity index (χ2n) is 7.14. The summed E-state index contributed by atoms with van der Waals surface area (Å²) in [5.74, 6) is -0.817. The number of thiazole rings is 1. The van der Waals surface area contributed by atoms with Gasteiger partial charge in [-0.15, -0.1) is 11.3 Å². The van der Waals surface area contributed by atoms with Gasteiger partial charge in [0.1, 0.15) is 5.41 Å². The molecule has 21 heavy (non-hydrogen) atoms. The molecule has 0 bridgehead atoms. The number of nitrogens with zero attached hydrogens (tertiary/aromatic N) is 2. The van der Waals surface area contributed by atoms with Gasteiger partial charge in [-0.1, -0.05) is 12.8 Å². The van der Waals surface area contributed by atoms with Gasteiger partial charge in [-0.05, 0) is 44.9 Å². The highest BCUT2D eigenvalue weighted by atomic mass is 32.1. The number of hydrogen-bond acceptors (Lipinski definition) is 4. The molecule has 1 aromatic heterocycles. The molecule has 0 atom stereocenters. The first kappa shape index (κ1) is 14.8. The van der Waals surface area contributed by atoms with Crippen LogP contribution in [0.4, 0.5) is 5.13 Å². The molecule has 0 radical (unpaired) electrons. The van der Waals surface area contributed by atoms with Crippen LogP contribution < -0.4 is 4.90 Å². The van der Waals surface area contributed by atoms with Crippen molar-refractivity contribution < 1.29 is 9.90 Å². The number of carboxylic acids is 1. The smallest absolute Gasteiger partial charge is 0.315 e. The average molecular weight is 308 g/mol. The van der Waals surface area contributed by atoms with E-state index in [1.54, 1.807) is 25.2 Å². The molecule has 0 aromatic carbocycles. The topological polar surface area (TPSA) is 53.4 Å². The molecule has 3 rings (SSSR count). The Hall–Kier alpha value is -1.10. The van der Waals surface area contributed by atoms with Crippen LogP contribution in [0.2, 0.25) is 0 Å². The van der Waals surface area contributed by atoms with E-state index in [4.69, 9.17) is 0 Å². The second kappa shape index (κ2) is 5.27. The third-order valence-electron chi connectivity index (χ3n) is 5.43. The van der Waals surface area contributed by atoms with E-state index in [9.17, 15) is 9.90 Å². The molecule has 1 aliphatic carbocycles. The van der Waals surface area contributed by atoms with Crippen molar-refractivity contribution in [2.45, 2.75) is 57.8 Å². The highest BCUT2D eigenvalue weighted by Gasteiger charge is 2.38. The lowest BCUT2D eigenvalue weighted by Crippen LogP contribution is -2.39. The summed E-state index contributed by atoms with van der Waals surface area (Å²) in [6.07, 6.45) is 8.13. The average Bonchev–Trinajstić information content (AvgIpc) is 3.10. The fraction of sp³-hybridized carbons (Fsp3) is 0.750. The number of rotatable bonds is 3. The maximum absolute atomic E-state index is 11.3. The largest absolute Gasteiger partial charge is 0.481 e. The first-order chi connectivity index (χ1) is 9.93. The predicted octanol–water partition coefficient (Wildman–Crippen LogP) is 3.67. The van der Waals surface area contributed by atoms with E-state index in [1.165, 1.54) is 38.5 Å². The Balaban J connectivity index is 1.69. The predicted molar refractivity (Wildman–Crippen MR) is 85.1 cm³/mol. The van der Waals surface area contributed by atoms with Crippen LogP contribution >= 0.6 is 11.3 Å². The Morgan fingerprint density at radius 2 is 1.90 bits per heavy atom. The van der Waals surface area contributed by atoms with Gasteiger partial charge in [0.15, 0.2) is 5.13 Å². The van der Waals surface area contributed by atoms with Crippen molar-refractivity contribution >= 4 is 22.4 Å². The minimum atomic E-state index is -0.906. The Bertz CT molecular complexity index is 522. The highest BCUT2D eigenvalue weighted by Crippen LogP contribution is 2.47. The number of carboxylic acid groups (broad SMARTS) is 1. The zero-order chi connectivity index (χ0) is 15.1. The SMILES string of the molecule is CC(C)(C(=O)O)c1csc(N2CCC3(CCCC3)CC2)n1. The van der Waals surface area contributed by atoms with E-state index in [0.717, 1.165) is 18.2 Å². The van der Waals surface area contributed by atoms with Gasteiger partial charge in [-0.2, -0.15) is 0 Å². The van der Waals surface area contributed by atoms with E-state index in [0.29, 0.717) is 11.1 Å². The van der Waals surface area contributed by atoms with Gasteiger partial charge in [-0.25, -0.2) is 4.98 Å². The third kappa shape index (κ3) is 2.68. The number of carbonyl (C=O) groups is 1. The van der Waals surface area contributed by atoms with Crippen molar-refractivity contribution in [3.8, 4) is 0 Å². The van der Waals surface area contributed by atoms with E-state index in [-0.39, 0.29) is 0 Å². The van der Waals surface area contributed by atoms with Crippen molar-refractivity contribution in [1.82, 2.24) is 4.98 Å². The summed E-state index contributed by atoms with van der Waals surface area (Å²) >= 11 is 1.58. The van der Waals surface area contributed by atoms with Crippen molar-refractivity contribution in [1.29, 1.82) is 0 Å². The fourth-order valence-corrected chi connectivity index (χ4v) is 4.65. The summed E-state index contributed by atoms with van der Waals surface area (Å²) in [7, 11) is 0. The Kier molecular flexibility index (Phi) is 3.72. The van der Waals surface area contributed by atoms with Crippen molar-refractivity contribution in [3.05, 3.63) is 11.1 Å². The van der Waals surface area contributed by atoms with Crippen LogP contribution in [0.5, 0.6) is 0 Å². The molecule has 1 saturated heterocycles. The molecule has 0 amide bonds. The molecule has 1 saturated carbocycles. The molecule has 0 unspecified atom stereocenters. The van der Waals surface area contributed by atoms with Gasteiger partial charge in [0.05, 0.1) is 5.69 Å². The van der Waals surface area contributed by atoms with Crippen LogP contribution in [0.3, 0.4) is 0 Å². The van der Waals surface area contributed by atoms with Crippen LogP contribution in [0.15, 0.2) is 5.38 Å². The minimum Gasteiger partial charge on any atom is -0.481 e. The molecule has 2 aliphatic rings. The van der Waals surface area contributed by atoms with E-state index in [1.807, 2.05) is 5.38 Å². The summed E-state index contributed by atoms with van der Waals surface area (Å²) in [6, 6.07) is 0. The van der Waals surface area contributed by atoms with Crippen LogP contribution in [-0.4, -0.2) is 29.1 Å². The Morgan fingerprint density at radius 3 is 2.48 bits per heavy atom. The second-order valence-corrected chi connectivity index (χ2v) is 7.98. The van der Waals surface area contributed by atoms with E-state index < -0.39 is 11.4 Å². The quantitative estimate of drug-likeness (QED) is 0.925. The molecule has 2 heterocycles. The maximum atomic E-state index is 11.3. The summed E-state index contributed by atoms with van der Waals surface area (Å²) in [5.41, 5.74) is 0.380. The Morgan fingerprint density at radius 1 is 1.29 bits per heavy atom. The summed E-state index contributed by atoms with van der Waals surface area (Å²) in [4.78, 5) is 18.3. The normalized spacial score (nSPS) is 21.9. The summed E-state index contributed by atoms with van der Waals surface area (Å²) < 4.78 is 0. The first-order valence-electron chi connectivity index (χ1n) is 7.87. The molecule has 1 spiro atoms. The standard InChI is InChI=1S/C16H24N2O2S/c1-15(2,13(19)20)12-11-21-14(17-12)18-9-7-16(8-10-18)5-3-4-6-16/h11H,3-10H2,1-2H3,(H,19,20). The Labute approximate surface area is 130 Å². The van der Waals surface area contributed by atoms with Gasteiger partial charge in [0.2, 0.25) is 0 Å². The van der Waals surface area contributed by atoms with Crippen LogP contribution in [0.1, 0.15) is 58.1 Å². The number of aromatic nitrogens is 1. The third-order valence-corrected chi connectivity index (χ3v) is 6.33. The number of hydrogen-bond donors (Lipinski definition) is 1. The van der Waals surface area contributed by atoms with Gasteiger partial charge >= 0.3 is 5.97 Å². The number of aliphatic carboxylic acids is 1. The monoisotopic (exact) mass is 308 g/mol. The summed E-state index contributed by atoms with van der Waals surface area (Å²) in [6.45, 7) is 5.58. The highest BCUT2D eigenvalue weighted by molar-refractivity contribution is 7.13. The molecular formula is C16H24N2O2S. The molecule has 2 fully saturated rings. The van der Waals surface area contributed by atoms with Crippen LogP contribution in [0.25, 0.3) is 0 Å². The van der Waals surface area contributed by atoms with E-state index in [2.05, 4.69) is 9.88 Å². The zero-order valence-corrected chi connectivity index (χ0v) is 13.7. The lowest BCUT2D eigenvalue weighted by Gasteiger charge is -2.39. The lowest BCUT2D eigenvalue weighted by molar-refractivity contribution is -0.142. The number of anilines is 1. The number of piperidine rings is 1. The van der Waals surface area contributed by atoms with Crippen LogP contribution in [0, 0.1) is 5.41 Å². The molecular weight excluding hydrogens is 284 g/mol.